The van der Waals surface area contributed by atoms with E-state index in [0.717, 1.165) is 25.1 Å². The highest BCUT2D eigenvalue weighted by atomic mass is 16.4. The maximum absolute atomic E-state index is 9.14. The summed E-state index contributed by atoms with van der Waals surface area (Å²) in [6, 6.07) is 9.40. The van der Waals surface area contributed by atoms with Crippen LogP contribution in [0.15, 0.2) is 29.4 Å². The molecular formula is C17H24N2O. The molecule has 108 valence electrons. The Hall–Kier alpha value is -1.35. The van der Waals surface area contributed by atoms with Gasteiger partial charge in [0.2, 0.25) is 0 Å². The SMILES string of the molecule is Cc1ccc(CN2C3CCCC2(C)CC(=NO)C3)cc1. The molecule has 2 atom stereocenters. The number of aryl methyl sites for hydroxylation is 1. The molecule has 20 heavy (non-hydrogen) atoms. The predicted octanol–water partition coefficient (Wildman–Crippen LogP) is 3.73. The fourth-order valence-electron chi connectivity index (χ4n) is 3.93. The Morgan fingerprint density at radius 2 is 2.10 bits per heavy atom. The van der Waals surface area contributed by atoms with Crippen LogP contribution < -0.4 is 0 Å². The summed E-state index contributed by atoms with van der Waals surface area (Å²) in [7, 11) is 0. The largest absolute Gasteiger partial charge is 0.411 e. The van der Waals surface area contributed by atoms with Crippen molar-refractivity contribution >= 4 is 5.71 Å². The second kappa shape index (κ2) is 5.21. The van der Waals surface area contributed by atoms with Crippen molar-refractivity contribution in [2.75, 3.05) is 0 Å². The quantitative estimate of drug-likeness (QED) is 0.657. The molecule has 0 spiro atoms. The van der Waals surface area contributed by atoms with Gasteiger partial charge in [0, 0.05) is 31.0 Å². The fourth-order valence-corrected chi connectivity index (χ4v) is 3.93. The molecule has 1 N–H and O–H groups in total. The zero-order chi connectivity index (χ0) is 14.2. The molecule has 0 aromatic heterocycles. The molecule has 2 unspecified atom stereocenters. The van der Waals surface area contributed by atoms with Gasteiger partial charge in [0.15, 0.2) is 0 Å². The first-order chi connectivity index (χ1) is 9.60. The van der Waals surface area contributed by atoms with Crippen molar-refractivity contribution in [3.05, 3.63) is 35.4 Å². The zero-order valence-corrected chi connectivity index (χ0v) is 12.5. The van der Waals surface area contributed by atoms with Crippen molar-refractivity contribution in [3.8, 4) is 0 Å². The van der Waals surface area contributed by atoms with E-state index in [1.54, 1.807) is 0 Å². The molecule has 3 heteroatoms. The average molecular weight is 272 g/mol. The second-order valence-corrected chi connectivity index (χ2v) is 6.70. The molecule has 2 aliphatic rings. The van der Waals surface area contributed by atoms with Crippen molar-refractivity contribution in [1.82, 2.24) is 4.90 Å². The van der Waals surface area contributed by atoms with Gasteiger partial charge in [-0.3, -0.25) is 4.90 Å². The Labute approximate surface area is 121 Å². The molecule has 2 aliphatic heterocycles. The monoisotopic (exact) mass is 272 g/mol. The Morgan fingerprint density at radius 3 is 2.75 bits per heavy atom. The molecule has 0 amide bonds. The number of benzene rings is 1. The van der Waals surface area contributed by atoms with Crippen LogP contribution in [0.1, 0.15) is 50.2 Å². The maximum atomic E-state index is 9.14. The summed E-state index contributed by atoms with van der Waals surface area (Å²) < 4.78 is 0. The van der Waals surface area contributed by atoms with Crippen LogP contribution in [-0.2, 0) is 6.54 Å². The van der Waals surface area contributed by atoms with Gasteiger partial charge in [-0.1, -0.05) is 41.4 Å². The first kappa shape index (κ1) is 13.6. The van der Waals surface area contributed by atoms with Crippen LogP contribution in [0.2, 0.25) is 0 Å². The Morgan fingerprint density at radius 1 is 1.35 bits per heavy atom. The number of rotatable bonds is 2. The third-order valence-corrected chi connectivity index (χ3v) is 5.06. The number of piperidine rings is 2. The summed E-state index contributed by atoms with van der Waals surface area (Å²) in [5, 5.41) is 12.7. The van der Waals surface area contributed by atoms with E-state index in [4.69, 9.17) is 5.21 Å². The van der Waals surface area contributed by atoms with Gasteiger partial charge in [-0.2, -0.15) is 0 Å². The van der Waals surface area contributed by atoms with Gasteiger partial charge < -0.3 is 5.21 Å². The van der Waals surface area contributed by atoms with Crippen LogP contribution in [0, 0.1) is 6.92 Å². The summed E-state index contributed by atoms with van der Waals surface area (Å²) in [5.74, 6) is 0. The molecule has 2 bridgehead atoms. The number of hydrogen-bond donors (Lipinski definition) is 1. The normalized spacial score (nSPS) is 32.5. The average Bonchev–Trinajstić information content (AvgIpc) is 2.42. The lowest BCUT2D eigenvalue weighted by atomic mass is 9.74. The third kappa shape index (κ3) is 2.47. The van der Waals surface area contributed by atoms with Crippen molar-refractivity contribution in [3.63, 3.8) is 0 Å². The van der Waals surface area contributed by atoms with Gasteiger partial charge in [-0.15, -0.1) is 0 Å². The van der Waals surface area contributed by atoms with Crippen LogP contribution in [-0.4, -0.2) is 27.4 Å². The van der Waals surface area contributed by atoms with E-state index in [-0.39, 0.29) is 5.54 Å². The predicted molar refractivity (Wildman–Crippen MR) is 81.2 cm³/mol. The standard InChI is InChI=1S/C17H24N2O/c1-13-5-7-14(8-6-13)12-19-16-4-3-9-17(19,2)11-15(10-16)18-20/h5-8,16,20H,3-4,9-12H2,1-2H3. The van der Waals surface area contributed by atoms with Crippen LogP contribution in [0.5, 0.6) is 0 Å². The Bertz CT molecular complexity index is 508. The smallest absolute Gasteiger partial charge is 0.0604 e. The summed E-state index contributed by atoms with van der Waals surface area (Å²) >= 11 is 0. The van der Waals surface area contributed by atoms with Crippen molar-refractivity contribution < 1.29 is 5.21 Å². The van der Waals surface area contributed by atoms with E-state index in [9.17, 15) is 0 Å². The summed E-state index contributed by atoms with van der Waals surface area (Å²) in [5.41, 5.74) is 3.84. The number of nitrogens with zero attached hydrogens (tertiary/aromatic N) is 2. The molecule has 2 fully saturated rings. The fraction of sp³-hybridized carbons (Fsp3) is 0.588. The highest BCUT2D eigenvalue weighted by Crippen LogP contribution is 2.41. The van der Waals surface area contributed by atoms with Gasteiger partial charge in [-0.05, 0) is 32.3 Å². The number of oxime groups is 1. The van der Waals surface area contributed by atoms with Crippen molar-refractivity contribution in [2.45, 2.75) is 64.1 Å². The van der Waals surface area contributed by atoms with Gasteiger partial charge in [0.1, 0.15) is 0 Å². The van der Waals surface area contributed by atoms with Gasteiger partial charge in [0.25, 0.3) is 0 Å². The maximum Gasteiger partial charge on any atom is 0.0604 e. The van der Waals surface area contributed by atoms with Gasteiger partial charge in [-0.25, -0.2) is 0 Å². The molecule has 0 aliphatic carbocycles. The van der Waals surface area contributed by atoms with Crippen LogP contribution in [0.4, 0.5) is 0 Å². The lowest BCUT2D eigenvalue weighted by molar-refractivity contribution is -0.00327. The van der Waals surface area contributed by atoms with Crippen LogP contribution >= 0.6 is 0 Å². The molecule has 0 saturated carbocycles. The number of hydrogen-bond acceptors (Lipinski definition) is 3. The summed E-state index contributed by atoms with van der Waals surface area (Å²) in [6.07, 6.45) is 5.56. The molecule has 0 radical (unpaired) electrons. The molecule has 3 nitrogen and oxygen atoms in total. The van der Waals surface area contributed by atoms with E-state index in [1.807, 2.05) is 0 Å². The molecule has 2 saturated heterocycles. The number of fused-ring (bicyclic) bond motifs is 2. The Kier molecular flexibility index (Phi) is 3.55. The molecule has 1 aromatic rings. The van der Waals surface area contributed by atoms with E-state index in [2.05, 4.69) is 48.2 Å². The molecule has 2 heterocycles. The second-order valence-electron chi connectivity index (χ2n) is 6.70. The molecule has 1 aromatic carbocycles. The van der Waals surface area contributed by atoms with Crippen LogP contribution in [0.3, 0.4) is 0 Å². The molecule has 3 rings (SSSR count). The highest BCUT2D eigenvalue weighted by molar-refractivity contribution is 5.86. The Balaban J connectivity index is 1.83. The van der Waals surface area contributed by atoms with Gasteiger partial charge >= 0.3 is 0 Å². The topological polar surface area (TPSA) is 35.8 Å². The van der Waals surface area contributed by atoms with Crippen molar-refractivity contribution in [2.24, 2.45) is 5.16 Å². The summed E-state index contributed by atoms with van der Waals surface area (Å²) in [6.45, 7) is 5.47. The third-order valence-electron chi connectivity index (χ3n) is 5.06. The lowest BCUT2D eigenvalue weighted by Crippen LogP contribution is -2.59. The van der Waals surface area contributed by atoms with Crippen LogP contribution in [0.25, 0.3) is 0 Å². The van der Waals surface area contributed by atoms with E-state index >= 15 is 0 Å². The highest BCUT2D eigenvalue weighted by Gasteiger charge is 2.44. The first-order valence-corrected chi connectivity index (χ1v) is 7.63. The minimum atomic E-state index is 0.160. The minimum absolute atomic E-state index is 0.160. The molecular weight excluding hydrogens is 248 g/mol. The minimum Gasteiger partial charge on any atom is -0.411 e. The van der Waals surface area contributed by atoms with E-state index in [0.29, 0.717) is 6.04 Å². The summed E-state index contributed by atoms with van der Waals surface area (Å²) in [4.78, 5) is 2.65. The lowest BCUT2D eigenvalue weighted by Gasteiger charge is -2.53. The van der Waals surface area contributed by atoms with Gasteiger partial charge in [0.05, 0.1) is 5.71 Å². The first-order valence-electron chi connectivity index (χ1n) is 7.63. The van der Waals surface area contributed by atoms with Crippen molar-refractivity contribution in [1.29, 1.82) is 0 Å². The zero-order valence-electron chi connectivity index (χ0n) is 12.5. The van der Waals surface area contributed by atoms with E-state index in [1.165, 1.54) is 30.4 Å². The van der Waals surface area contributed by atoms with E-state index < -0.39 is 0 Å².